The highest BCUT2D eigenvalue weighted by Gasteiger charge is 2.03. The minimum Gasteiger partial charge on any atom is -0.508 e. The highest BCUT2D eigenvalue weighted by atomic mass is 16.3. The molecule has 1 aromatic rings. The largest absolute Gasteiger partial charge is 0.508 e. The molecular formula is C8H6N2O2. The van der Waals surface area contributed by atoms with Crippen molar-refractivity contribution in [2.24, 2.45) is 0 Å². The number of aromatic hydroxyl groups is 1. The van der Waals surface area contributed by atoms with Crippen molar-refractivity contribution in [3.05, 3.63) is 29.8 Å². The number of hydrogen-bond donors (Lipinski definition) is 2. The first-order chi connectivity index (χ1) is 5.74. The Morgan fingerprint density at radius 2 is 2.33 bits per heavy atom. The summed E-state index contributed by atoms with van der Waals surface area (Å²) in [6, 6.07) is 5.77. The average Bonchev–Trinajstić information content (AvgIpc) is 2.05. The molecule has 0 unspecified atom stereocenters. The molecule has 12 heavy (non-hydrogen) atoms. The molecule has 60 valence electrons. The van der Waals surface area contributed by atoms with Crippen LogP contribution in [0.3, 0.4) is 0 Å². The van der Waals surface area contributed by atoms with Crippen LogP contribution in [0.25, 0.3) is 0 Å². The van der Waals surface area contributed by atoms with Crippen molar-refractivity contribution in [3.63, 3.8) is 0 Å². The second-order valence-corrected chi connectivity index (χ2v) is 2.12. The molecule has 0 atom stereocenters. The zero-order valence-corrected chi connectivity index (χ0v) is 6.11. The maximum Gasteiger partial charge on any atom is 0.264 e. The van der Waals surface area contributed by atoms with Crippen molar-refractivity contribution < 1.29 is 9.90 Å². The Hall–Kier alpha value is -2.02. The standard InChI is InChI=1S/C8H6N2O2/c9-5-10-8(12)6-2-1-3-7(11)4-6/h1-4,11H,(H,10,12). The van der Waals surface area contributed by atoms with Crippen LogP contribution in [-0.2, 0) is 0 Å². The summed E-state index contributed by atoms with van der Waals surface area (Å²) in [6.45, 7) is 0. The number of phenols is 1. The molecule has 0 aromatic heterocycles. The number of carbonyl (C=O) groups excluding carboxylic acids is 1. The lowest BCUT2D eigenvalue weighted by atomic mass is 10.2. The first-order valence-electron chi connectivity index (χ1n) is 3.22. The van der Waals surface area contributed by atoms with Crippen LogP contribution in [0.2, 0.25) is 0 Å². The predicted molar refractivity (Wildman–Crippen MR) is 41.2 cm³/mol. The number of carbonyl (C=O) groups is 1. The SMILES string of the molecule is N#CNC(=O)c1cccc(O)c1. The Morgan fingerprint density at radius 1 is 1.58 bits per heavy atom. The van der Waals surface area contributed by atoms with Crippen molar-refractivity contribution in [3.8, 4) is 11.9 Å². The van der Waals surface area contributed by atoms with E-state index >= 15 is 0 Å². The number of rotatable bonds is 1. The van der Waals surface area contributed by atoms with Gasteiger partial charge < -0.3 is 5.11 Å². The number of nitrogens with one attached hydrogen (secondary N) is 1. The Balaban J connectivity index is 2.90. The molecule has 0 aliphatic rings. The van der Waals surface area contributed by atoms with Crippen LogP contribution >= 0.6 is 0 Å². The van der Waals surface area contributed by atoms with E-state index in [9.17, 15) is 4.79 Å². The minimum absolute atomic E-state index is 0.000546. The van der Waals surface area contributed by atoms with E-state index in [4.69, 9.17) is 10.4 Å². The third kappa shape index (κ3) is 1.73. The summed E-state index contributed by atoms with van der Waals surface area (Å²) in [5.41, 5.74) is 0.261. The van der Waals surface area contributed by atoms with E-state index in [1.807, 2.05) is 5.32 Å². The van der Waals surface area contributed by atoms with E-state index in [1.54, 1.807) is 0 Å². The minimum atomic E-state index is -0.520. The van der Waals surface area contributed by atoms with Gasteiger partial charge in [-0.25, -0.2) is 0 Å². The van der Waals surface area contributed by atoms with Gasteiger partial charge in [0.15, 0.2) is 6.19 Å². The Morgan fingerprint density at radius 3 is 2.92 bits per heavy atom. The van der Waals surface area contributed by atoms with Gasteiger partial charge in [-0.05, 0) is 18.2 Å². The van der Waals surface area contributed by atoms with Crippen LogP contribution in [0.1, 0.15) is 10.4 Å². The van der Waals surface area contributed by atoms with Gasteiger partial charge in [-0.1, -0.05) is 6.07 Å². The van der Waals surface area contributed by atoms with E-state index in [-0.39, 0.29) is 11.3 Å². The Kier molecular flexibility index (Phi) is 2.29. The third-order valence-corrected chi connectivity index (χ3v) is 1.28. The highest BCUT2D eigenvalue weighted by Crippen LogP contribution is 2.10. The molecular weight excluding hydrogens is 156 g/mol. The maximum absolute atomic E-state index is 11.0. The number of nitrogens with zero attached hydrogens (tertiary/aromatic N) is 1. The zero-order valence-electron chi connectivity index (χ0n) is 6.11. The number of nitriles is 1. The molecule has 4 nitrogen and oxygen atoms in total. The van der Waals surface area contributed by atoms with Crippen molar-refractivity contribution in [1.82, 2.24) is 5.32 Å². The van der Waals surface area contributed by atoms with E-state index in [1.165, 1.54) is 30.5 Å². The van der Waals surface area contributed by atoms with Gasteiger partial charge in [0, 0.05) is 5.56 Å². The molecule has 0 radical (unpaired) electrons. The number of benzene rings is 1. The molecule has 0 heterocycles. The van der Waals surface area contributed by atoms with Crippen LogP contribution in [0.15, 0.2) is 24.3 Å². The second-order valence-electron chi connectivity index (χ2n) is 2.12. The molecule has 0 saturated heterocycles. The molecule has 0 aliphatic carbocycles. The quantitative estimate of drug-likeness (QED) is 0.469. The monoisotopic (exact) mass is 162 g/mol. The summed E-state index contributed by atoms with van der Waals surface area (Å²) < 4.78 is 0. The number of phenolic OH excluding ortho intramolecular Hbond substituents is 1. The van der Waals surface area contributed by atoms with E-state index in [2.05, 4.69) is 0 Å². The Bertz CT molecular complexity index is 341. The number of hydrogen-bond acceptors (Lipinski definition) is 3. The van der Waals surface area contributed by atoms with Gasteiger partial charge in [0.05, 0.1) is 0 Å². The van der Waals surface area contributed by atoms with Crippen LogP contribution in [0, 0.1) is 11.5 Å². The molecule has 0 saturated carbocycles. The van der Waals surface area contributed by atoms with E-state index < -0.39 is 5.91 Å². The normalized spacial score (nSPS) is 8.58. The van der Waals surface area contributed by atoms with Crippen molar-refractivity contribution in [2.45, 2.75) is 0 Å². The average molecular weight is 162 g/mol. The van der Waals surface area contributed by atoms with Gasteiger partial charge in [-0.2, -0.15) is 5.26 Å². The topological polar surface area (TPSA) is 73.1 Å². The summed E-state index contributed by atoms with van der Waals surface area (Å²) in [7, 11) is 0. The van der Waals surface area contributed by atoms with E-state index in [0.29, 0.717) is 0 Å². The predicted octanol–water partition coefficient (Wildman–Crippen LogP) is 0.603. The fourth-order valence-electron chi connectivity index (χ4n) is 0.770. The third-order valence-electron chi connectivity index (χ3n) is 1.28. The molecule has 0 fully saturated rings. The molecule has 4 heteroatoms. The van der Waals surface area contributed by atoms with Crippen molar-refractivity contribution >= 4 is 5.91 Å². The van der Waals surface area contributed by atoms with Crippen molar-refractivity contribution in [1.29, 1.82) is 5.26 Å². The summed E-state index contributed by atoms with van der Waals surface area (Å²) in [5, 5.41) is 19.0. The lowest BCUT2D eigenvalue weighted by Gasteiger charge is -1.96. The van der Waals surface area contributed by atoms with Gasteiger partial charge in [0.1, 0.15) is 5.75 Å². The smallest absolute Gasteiger partial charge is 0.264 e. The molecule has 1 rings (SSSR count). The fraction of sp³-hybridized carbons (Fsp3) is 0. The molecule has 1 aromatic carbocycles. The van der Waals surface area contributed by atoms with Gasteiger partial charge >= 0.3 is 0 Å². The van der Waals surface area contributed by atoms with Crippen LogP contribution in [-0.4, -0.2) is 11.0 Å². The van der Waals surface area contributed by atoms with Crippen LogP contribution < -0.4 is 5.32 Å². The highest BCUT2D eigenvalue weighted by molar-refractivity contribution is 5.95. The molecule has 0 aliphatic heterocycles. The van der Waals surface area contributed by atoms with Crippen LogP contribution in [0.4, 0.5) is 0 Å². The van der Waals surface area contributed by atoms with Gasteiger partial charge in [-0.3, -0.25) is 10.1 Å². The van der Waals surface area contributed by atoms with E-state index in [0.717, 1.165) is 0 Å². The number of amides is 1. The van der Waals surface area contributed by atoms with Crippen LogP contribution in [0.5, 0.6) is 5.75 Å². The molecule has 0 bridgehead atoms. The molecule has 1 amide bonds. The molecule has 0 spiro atoms. The molecule has 2 N–H and O–H groups in total. The van der Waals surface area contributed by atoms with Crippen molar-refractivity contribution in [2.75, 3.05) is 0 Å². The summed E-state index contributed by atoms with van der Waals surface area (Å²) in [4.78, 5) is 11.0. The summed E-state index contributed by atoms with van der Waals surface area (Å²) >= 11 is 0. The first kappa shape index (κ1) is 8.08. The maximum atomic E-state index is 11.0. The Labute approximate surface area is 69.1 Å². The lowest BCUT2D eigenvalue weighted by Crippen LogP contribution is -2.16. The van der Waals surface area contributed by atoms with Gasteiger partial charge in [0.25, 0.3) is 5.91 Å². The fourth-order valence-corrected chi connectivity index (χ4v) is 0.770. The van der Waals surface area contributed by atoms with Gasteiger partial charge in [-0.15, -0.1) is 0 Å². The first-order valence-corrected chi connectivity index (χ1v) is 3.22. The summed E-state index contributed by atoms with van der Waals surface area (Å²) in [6.07, 6.45) is 1.50. The van der Waals surface area contributed by atoms with Gasteiger partial charge in [0.2, 0.25) is 0 Å². The zero-order chi connectivity index (χ0) is 8.97. The lowest BCUT2D eigenvalue weighted by molar-refractivity contribution is 0.0972. The summed E-state index contributed by atoms with van der Waals surface area (Å²) in [5.74, 6) is -0.519. The second kappa shape index (κ2) is 3.39.